The molecule has 2 aromatic rings. The van der Waals surface area contributed by atoms with E-state index in [-0.39, 0.29) is 23.2 Å². The predicted molar refractivity (Wildman–Crippen MR) is 114 cm³/mol. The van der Waals surface area contributed by atoms with Gasteiger partial charge in [-0.15, -0.1) is 0 Å². The molecular weight excluding hydrogens is 380 g/mol. The first-order valence-corrected chi connectivity index (χ1v) is 10.6. The SMILES string of the molecule is CC(C)C(=O)n1ccc(N2CCOc3cc(C(=O)N4CCCCC4)ccc32)cc1=N. The van der Waals surface area contributed by atoms with Crippen LogP contribution in [-0.4, -0.2) is 47.5 Å². The number of amides is 1. The van der Waals surface area contributed by atoms with Gasteiger partial charge in [-0.3, -0.25) is 19.6 Å². The first kappa shape index (κ1) is 20.2. The lowest BCUT2D eigenvalue weighted by molar-refractivity contribution is 0.0723. The highest BCUT2D eigenvalue weighted by Crippen LogP contribution is 2.37. The number of carbonyl (C=O) groups excluding carboxylic acids is 2. The number of aromatic nitrogens is 1. The van der Waals surface area contributed by atoms with Crippen LogP contribution in [0.25, 0.3) is 0 Å². The second-order valence-corrected chi connectivity index (χ2v) is 8.17. The van der Waals surface area contributed by atoms with E-state index in [0.29, 0.717) is 24.5 Å². The molecule has 0 aliphatic carbocycles. The molecule has 3 heterocycles. The topological polar surface area (TPSA) is 78.6 Å². The molecule has 7 nitrogen and oxygen atoms in total. The zero-order valence-electron chi connectivity index (χ0n) is 17.6. The van der Waals surface area contributed by atoms with Crippen LogP contribution in [-0.2, 0) is 0 Å². The molecule has 0 bridgehead atoms. The summed E-state index contributed by atoms with van der Waals surface area (Å²) in [4.78, 5) is 29.1. The number of anilines is 2. The Hall–Kier alpha value is -3.09. The van der Waals surface area contributed by atoms with Crippen molar-refractivity contribution in [1.29, 1.82) is 5.41 Å². The van der Waals surface area contributed by atoms with E-state index in [2.05, 4.69) is 4.90 Å². The summed E-state index contributed by atoms with van der Waals surface area (Å²) in [6.07, 6.45) is 4.96. The Balaban J connectivity index is 1.61. The van der Waals surface area contributed by atoms with E-state index >= 15 is 0 Å². The average Bonchev–Trinajstić information content (AvgIpc) is 2.77. The van der Waals surface area contributed by atoms with Gasteiger partial charge in [0.1, 0.15) is 17.8 Å². The fourth-order valence-electron chi connectivity index (χ4n) is 4.03. The van der Waals surface area contributed by atoms with E-state index in [9.17, 15) is 9.59 Å². The van der Waals surface area contributed by atoms with Gasteiger partial charge in [-0.1, -0.05) is 13.8 Å². The average molecular weight is 409 g/mol. The van der Waals surface area contributed by atoms with Crippen LogP contribution in [0.2, 0.25) is 0 Å². The van der Waals surface area contributed by atoms with Crippen molar-refractivity contribution in [3.63, 3.8) is 0 Å². The maximum atomic E-state index is 12.8. The maximum Gasteiger partial charge on any atom is 0.253 e. The molecule has 0 radical (unpaired) electrons. The summed E-state index contributed by atoms with van der Waals surface area (Å²) < 4.78 is 7.23. The van der Waals surface area contributed by atoms with Crippen molar-refractivity contribution in [3.8, 4) is 5.75 Å². The smallest absolute Gasteiger partial charge is 0.253 e. The molecule has 1 aromatic heterocycles. The van der Waals surface area contributed by atoms with Crippen LogP contribution in [0.15, 0.2) is 36.5 Å². The lowest BCUT2D eigenvalue weighted by Gasteiger charge is -2.32. The van der Waals surface area contributed by atoms with Gasteiger partial charge in [-0.2, -0.15) is 0 Å². The van der Waals surface area contributed by atoms with Gasteiger partial charge in [0.2, 0.25) is 5.91 Å². The summed E-state index contributed by atoms with van der Waals surface area (Å²) in [6.45, 7) is 6.39. The van der Waals surface area contributed by atoms with Gasteiger partial charge in [0.05, 0.1) is 12.2 Å². The molecule has 30 heavy (non-hydrogen) atoms. The zero-order chi connectivity index (χ0) is 21.3. The molecule has 7 heteroatoms. The van der Waals surface area contributed by atoms with E-state index in [1.165, 1.54) is 11.0 Å². The number of nitrogens with one attached hydrogen (secondary N) is 1. The Morgan fingerprint density at radius 2 is 1.80 bits per heavy atom. The van der Waals surface area contributed by atoms with Crippen LogP contribution in [0.5, 0.6) is 5.75 Å². The molecular formula is C23H28N4O3. The molecule has 1 saturated heterocycles. The lowest BCUT2D eigenvalue weighted by Crippen LogP contribution is -2.36. The Kier molecular flexibility index (Phi) is 5.61. The molecule has 0 atom stereocenters. The third-order valence-electron chi connectivity index (χ3n) is 5.69. The van der Waals surface area contributed by atoms with Crippen molar-refractivity contribution in [3.05, 3.63) is 47.6 Å². The second kappa shape index (κ2) is 8.34. The van der Waals surface area contributed by atoms with Crippen molar-refractivity contribution in [2.45, 2.75) is 33.1 Å². The number of nitrogens with zero attached hydrogens (tertiary/aromatic N) is 3. The first-order chi connectivity index (χ1) is 14.5. The summed E-state index contributed by atoms with van der Waals surface area (Å²) in [5, 5.41) is 8.28. The quantitative estimate of drug-likeness (QED) is 0.844. The van der Waals surface area contributed by atoms with Gasteiger partial charge in [-0.05, 0) is 43.5 Å². The number of pyridine rings is 1. The van der Waals surface area contributed by atoms with Crippen LogP contribution < -0.4 is 15.1 Å². The molecule has 0 spiro atoms. The minimum Gasteiger partial charge on any atom is -0.490 e. The Morgan fingerprint density at radius 1 is 1.03 bits per heavy atom. The molecule has 2 aliphatic rings. The van der Waals surface area contributed by atoms with Crippen LogP contribution in [0.1, 0.15) is 48.3 Å². The van der Waals surface area contributed by atoms with Crippen LogP contribution in [0.3, 0.4) is 0 Å². The summed E-state index contributed by atoms with van der Waals surface area (Å²) in [5.41, 5.74) is 2.49. The number of benzene rings is 1. The Bertz CT molecular complexity index is 1020. The molecule has 1 N–H and O–H groups in total. The monoisotopic (exact) mass is 408 g/mol. The number of rotatable bonds is 3. The van der Waals surface area contributed by atoms with Crippen molar-refractivity contribution in [2.24, 2.45) is 5.92 Å². The van der Waals surface area contributed by atoms with E-state index in [1.54, 1.807) is 12.3 Å². The van der Waals surface area contributed by atoms with Crippen LogP contribution in [0.4, 0.5) is 11.4 Å². The zero-order valence-corrected chi connectivity index (χ0v) is 17.6. The number of hydrogen-bond acceptors (Lipinski definition) is 5. The largest absolute Gasteiger partial charge is 0.490 e. The standard InChI is InChI=1S/C23H28N4O3/c1-16(2)22(28)27-11-8-18(15-21(27)24)26-12-13-30-20-14-17(6-7-19(20)26)23(29)25-9-4-3-5-10-25/h6-8,11,14-16,24H,3-5,9-10,12-13H2,1-2H3. The molecule has 1 aromatic carbocycles. The molecule has 1 amide bonds. The molecule has 158 valence electrons. The van der Waals surface area contributed by atoms with E-state index in [0.717, 1.165) is 37.3 Å². The maximum absolute atomic E-state index is 12.8. The van der Waals surface area contributed by atoms with Crippen molar-refractivity contribution >= 4 is 23.2 Å². The Morgan fingerprint density at radius 3 is 2.50 bits per heavy atom. The van der Waals surface area contributed by atoms with Crippen molar-refractivity contribution in [1.82, 2.24) is 9.47 Å². The first-order valence-electron chi connectivity index (χ1n) is 10.6. The molecule has 1 fully saturated rings. The lowest BCUT2D eigenvalue weighted by atomic mass is 10.1. The highest BCUT2D eigenvalue weighted by atomic mass is 16.5. The van der Waals surface area contributed by atoms with Gasteiger partial charge in [0, 0.05) is 42.5 Å². The van der Waals surface area contributed by atoms with Crippen molar-refractivity contribution in [2.75, 3.05) is 31.1 Å². The molecule has 0 unspecified atom stereocenters. The fraction of sp³-hybridized carbons (Fsp3) is 0.435. The number of likely N-dealkylation sites (tertiary alicyclic amines) is 1. The van der Waals surface area contributed by atoms with E-state index in [1.807, 2.05) is 43.0 Å². The third-order valence-corrected chi connectivity index (χ3v) is 5.69. The summed E-state index contributed by atoms with van der Waals surface area (Å²) >= 11 is 0. The van der Waals surface area contributed by atoms with Gasteiger partial charge in [0.25, 0.3) is 5.91 Å². The van der Waals surface area contributed by atoms with Crippen LogP contribution in [0, 0.1) is 11.3 Å². The minimum absolute atomic E-state index is 0.0552. The highest BCUT2D eigenvalue weighted by molar-refractivity contribution is 5.95. The molecule has 2 aliphatic heterocycles. The number of carbonyl (C=O) groups is 2. The van der Waals surface area contributed by atoms with Gasteiger partial charge in [-0.25, -0.2) is 0 Å². The summed E-state index contributed by atoms with van der Waals surface area (Å²) in [6, 6.07) is 9.13. The molecule has 4 rings (SSSR count). The number of hydrogen-bond donors (Lipinski definition) is 1. The number of ether oxygens (including phenoxy) is 1. The Labute approximate surface area is 176 Å². The van der Waals surface area contributed by atoms with Gasteiger partial charge >= 0.3 is 0 Å². The number of fused-ring (bicyclic) bond motifs is 1. The normalized spacial score (nSPS) is 16.2. The minimum atomic E-state index is -0.176. The van der Waals surface area contributed by atoms with Crippen LogP contribution >= 0.6 is 0 Å². The van der Waals surface area contributed by atoms with Gasteiger partial charge in [0.15, 0.2) is 0 Å². The van der Waals surface area contributed by atoms with E-state index < -0.39 is 0 Å². The van der Waals surface area contributed by atoms with Crippen molar-refractivity contribution < 1.29 is 14.3 Å². The van der Waals surface area contributed by atoms with E-state index in [4.69, 9.17) is 10.1 Å². The second-order valence-electron chi connectivity index (χ2n) is 8.17. The predicted octanol–water partition coefficient (Wildman–Crippen LogP) is 3.42. The summed E-state index contributed by atoms with van der Waals surface area (Å²) in [5.74, 6) is 0.449. The number of piperidine rings is 1. The summed E-state index contributed by atoms with van der Waals surface area (Å²) in [7, 11) is 0. The fourth-order valence-corrected chi connectivity index (χ4v) is 4.03. The molecule has 0 saturated carbocycles. The highest BCUT2D eigenvalue weighted by Gasteiger charge is 2.24. The van der Waals surface area contributed by atoms with Gasteiger partial charge < -0.3 is 14.5 Å². The third kappa shape index (κ3) is 3.84.